The lowest BCUT2D eigenvalue weighted by atomic mass is 9.76. The zero-order chi connectivity index (χ0) is 15.0. The molecule has 0 radical (unpaired) electrons. The zero-order valence-corrected chi connectivity index (χ0v) is 13.9. The number of ether oxygens (including phenoxy) is 1. The SMILES string of the molecule is CCCCCCOC1C(CCCC)=CC([O-])C(C)C1C. The highest BCUT2D eigenvalue weighted by Gasteiger charge is 2.31. The van der Waals surface area contributed by atoms with E-state index in [0.717, 1.165) is 25.9 Å². The van der Waals surface area contributed by atoms with Crippen LogP contribution in [0.3, 0.4) is 0 Å². The van der Waals surface area contributed by atoms with E-state index in [1.165, 1.54) is 31.3 Å². The first kappa shape index (κ1) is 17.7. The Kier molecular flexibility index (Phi) is 8.47. The summed E-state index contributed by atoms with van der Waals surface area (Å²) in [7, 11) is 0. The standard InChI is InChI=1S/C18H33O2/c1-5-7-9-10-12-20-18-15(4)14(3)17(19)13-16(18)11-8-6-2/h13-15,17-18H,5-12H2,1-4H3/q-1. The van der Waals surface area contributed by atoms with Gasteiger partial charge in [-0.15, -0.1) is 6.10 Å². The van der Waals surface area contributed by atoms with E-state index in [2.05, 4.69) is 27.7 Å². The van der Waals surface area contributed by atoms with Gasteiger partial charge in [0.25, 0.3) is 0 Å². The molecule has 2 nitrogen and oxygen atoms in total. The molecule has 0 aliphatic heterocycles. The molecule has 20 heavy (non-hydrogen) atoms. The zero-order valence-electron chi connectivity index (χ0n) is 13.9. The highest BCUT2D eigenvalue weighted by atomic mass is 16.5. The van der Waals surface area contributed by atoms with Gasteiger partial charge in [0.2, 0.25) is 0 Å². The molecule has 4 unspecified atom stereocenters. The van der Waals surface area contributed by atoms with Crippen molar-refractivity contribution in [2.75, 3.05) is 6.61 Å². The molecular weight excluding hydrogens is 248 g/mol. The van der Waals surface area contributed by atoms with E-state index in [0.29, 0.717) is 5.92 Å². The lowest BCUT2D eigenvalue weighted by Crippen LogP contribution is -2.44. The van der Waals surface area contributed by atoms with Gasteiger partial charge in [0.05, 0.1) is 6.10 Å². The molecule has 0 aromatic rings. The molecule has 118 valence electrons. The first-order chi connectivity index (χ1) is 9.61. The largest absolute Gasteiger partial charge is 0.849 e. The summed E-state index contributed by atoms with van der Waals surface area (Å²) in [5.74, 6) is 0.529. The Labute approximate surface area is 125 Å². The third-order valence-corrected chi connectivity index (χ3v) is 4.68. The van der Waals surface area contributed by atoms with E-state index >= 15 is 0 Å². The highest BCUT2D eigenvalue weighted by Crippen LogP contribution is 2.33. The topological polar surface area (TPSA) is 32.3 Å². The molecule has 0 amide bonds. The molecule has 1 aliphatic carbocycles. The normalized spacial score (nSPS) is 30.4. The van der Waals surface area contributed by atoms with Crippen molar-refractivity contribution in [3.05, 3.63) is 11.6 Å². The van der Waals surface area contributed by atoms with E-state index in [4.69, 9.17) is 4.74 Å². The van der Waals surface area contributed by atoms with Crippen molar-refractivity contribution in [1.29, 1.82) is 0 Å². The number of hydrogen-bond acceptors (Lipinski definition) is 2. The fourth-order valence-corrected chi connectivity index (χ4v) is 2.97. The molecule has 0 aromatic carbocycles. The molecular formula is C18H33O2-. The lowest BCUT2D eigenvalue weighted by Gasteiger charge is -2.42. The fraction of sp³-hybridized carbons (Fsp3) is 0.889. The Bertz CT molecular complexity index is 285. The van der Waals surface area contributed by atoms with E-state index in [9.17, 15) is 5.11 Å². The summed E-state index contributed by atoms with van der Waals surface area (Å²) >= 11 is 0. The summed E-state index contributed by atoms with van der Waals surface area (Å²) in [6.07, 6.45) is 9.92. The maximum absolute atomic E-state index is 12.1. The van der Waals surface area contributed by atoms with Crippen LogP contribution in [0.5, 0.6) is 0 Å². The van der Waals surface area contributed by atoms with Crippen LogP contribution in [0.15, 0.2) is 11.6 Å². The second-order valence-corrected chi connectivity index (χ2v) is 6.38. The molecule has 0 bridgehead atoms. The molecule has 0 aromatic heterocycles. The van der Waals surface area contributed by atoms with E-state index < -0.39 is 6.10 Å². The second kappa shape index (κ2) is 9.57. The van der Waals surface area contributed by atoms with Crippen LogP contribution in [0.1, 0.15) is 72.6 Å². The van der Waals surface area contributed by atoms with Crippen molar-refractivity contribution in [2.45, 2.75) is 84.8 Å². The maximum atomic E-state index is 12.1. The molecule has 1 rings (SSSR count). The summed E-state index contributed by atoms with van der Waals surface area (Å²) < 4.78 is 6.16. The Morgan fingerprint density at radius 2 is 1.70 bits per heavy atom. The molecule has 0 fully saturated rings. The Morgan fingerprint density at radius 3 is 2.35 bits per heavy atom. The highest BCUT2D eigenvalue weighted by molar-refractivity contribution is 5.17. The van der Waals surface area contributed by atoms with Crippen molar-refractivity contribution < 1.29 is 9.84 Å². The number of rotatable bonds is 9. The lowest BCUT2D eigenvalue weighted by molar-refractivity contribution is -0.420. The van der Waals surface area contributed by atoms with Gasteiger partial charge in [0, 0.05) is 6.61 Å². The molecule has 0 saturated heterocycles. The van der Waals surface area contributed by atoms with Crippen molar-refractivity contribution in [2.24, 2.45) is 11.8 Å². The Morgan fingerprint density at radius 1 is 1.00 bits per heavy atom. The van der Waals surface area contributed by atoms with Crippen LogP contribution in [0.4, 0.5) is 0 Å². The average molecular weight is 281 g/mol. The van der Waals surface area contributed by atoms with Gasteiger partial charge >= 0.3 is 0 Å². The first-order valence-corrected chi connectivity index (χ1v) is 8.59. The summed E-state index contributed by atoms with van der Waals surface area (Å²) in [6, 6.07) is 0. The van der Waals surface area contributed by atoms with Crippen LogP contribution in [-0.2, 0) is 4.74 Å². The summed E-state index contributed by atoms with van der Waals surface area (Å²) in [4.78, 5) is 0. The van der Waals surface area contributed by atoms with Gasteiger partial charge in [-0.25, -0.2) is 0 Å². The van der Waals surface area contributed by atoms with Crippen molar-refractivity contribution in [3.8, 4) is 0 Å². The van der Waals surface area contributed by atoms with Gasteiger partial charge in [0.1, 0.15) is 0 Å². The predicted octanol–water partition coefficient (Wildman–Crippen LogP) is 4.08. The van der Waals surface area contributed by atoms with Crippen LogP contribution < -0.4 is 5.11 Å². The minimum Gasteiger partial charge on any atom is -0.849 e. The third-order valence-electron chi connectivity index (χ3n) is 4.68. The van der Waals surface area contributed by atoms with Crippen LogP contribution in [0.2, 0.25) is 0 Å². The minimum atomic E-state index is -0.545. The Hall–Kier alpha value is -0.340. The van der Waals surface area contributed by atoms with Crippen LogP contribution in [-0.4, -0.2) is 18.8 Å². The van der Waals surface area contributed by atoms with Gasteiger partial charge in [-0.1, -0.05) is 59.5 Å². The summed E-state index contributed by atoms with van der Waals surface area (Å²) in [5.41, 5.74) is 1.27. The molecule has 4 atom stereocenters. The predicted molar refractivity (Wildman–Crippen MR) is 83.6 cm³/mol. The smallest absolute Gasteiger partial charge is 0.0812 e. The fourth-order valence-electron chi connectivity index (χ4n) is 2.97. The van der Waals surface area contributed by atoms with Gasteiger partial charge in [0.15, 0.2) is 0 Å². The van der Waals surface area contributed by atoms with Crippen molar-refractivity contribution >= 4 is 0 Å². The van der Waals surface area contributed by atoms with Crippen LogP contribution in [0.25, 0.3) is 0 Å². The van der Waals surface area contributed by atoms with Crippen LogP contribution in [0, 0.1) is 11.8 Å². The Balaban J connectivity index is 2.54. The van der Waals surface area contributed by atoms with Crippen LogP contribution >= 0.6 is 0 Å². The van der Waals surface area contributed by atoms with E-state index in [1.807, 2.05) is 6.08 Å². The molecule has 0 heterocycles. The molecule has 0 N–H and O–H groups in total. The molecule has 0 spiro atoms. The van der Waals surface area contributed by atoms with Crippen molar-refractivity contribution in [3.63, 3.8) is 0 Å². The third kappa shape index (κ3) is 5.21. The summed E-state index contributed by atoms with van der Waals surface area (Å²) in [5, 5.41) is 12.1. The van der Waals surface area contributed by atoms with Gasteiger partial charge in [-0.05, 0) is 36.7 Å². The molecule has 0 saturated carbocycles. The van der Waals surface area contributed by atoms with Gasteiger partial charge < -0.3 is 9.84 Å². The minimum absolute atomic E-state index is 0.181. The second-order valence-electron chi connectivity index (χ2n) is 6.38. The van der Waals surface area contributed by atoms with Crippen molar-refractivity contribution in [1.82, 2.24) is 0 Å². The summed E-state index contributed by atoms with van der Waals surface area (Å²) in [6.45, 7) is 9.53. The average Bonchev–Trinajstić information content (AvgIpc) is 2.44. The van der Waals surface area contributed by atoms with E-state index in [1.54, 1.807) is 0 Å². The van der Waals surface area contributed by atoms with Gasteiger partial charge in [-0.2, -0.15) is 0 Å². The molecule has 1 aliphatic rings. The quantitative estimate of drug-likeness (QED) is 0.471. The molecule has 2 heteroatoms. The first-order valence-electron chi connectivity index (χ1n) is 8.59. The monoisotopic (exact) mass is 281 g/mol. The number of hydrogen-bond donors (Lipinski definition) is 0. The maximum Gasteiger partial charge on any atom is 0.0812 e. The number of unbranched alkanes of at least 4 members (excludes halogenated alkanes) is 4. The van der Waals surface area contributed by atoms with E-state index in [-0.39, 0.29) is 12.0 Å². The van der Waals surface area contributed by atoms with Gasteiger partial charge in [-0.3, -0.25) is 0 Å².